The summed E-state index contributed by atoms with van der Waals surface area (Å²) in [6, 6.07) is 0.680. The summed E-state index contributed by atoms with van der Waals surface area (Å²) in [7, 11) is 2.21. The van der Waals surface area contributed by atoms with Crippen molar-refractivity contribution in [2.45, 2.75) is 32.2 Å². The van der Waals surface area contributed by atoms with E-state index in [4.69, 9.17) is 0 Å². The summed E-state index contributed by atoms with van der Waals surface area (Å²) < 4.78 is 0. The Bertz CT molecular complexity index is 324. The summed E-state index contributed by atoms with van der Waals surface area (Å²) in [6.07, 6.45) is 3.71. The van der Waals surface area contributed by atoms with Gasteiger partial charge in [0.2, 0.25) is 0 Å². The van der Waals surface area contributed by atoms with E-state index in [-0.39, 0.29) is 0 Å². The van der Waals surface area contributed by atoms with Crippen molar-refractivity contribution in [2.24, 2.45) is 0 Å². The van der Waals surface area contributed by atoms with Gasteiger partial charge in [-0.3, -0.25) is 0 Å². The van der Waals surface area contributed by atoms with Crippen molar-refractivity contribution >= 4 is 11.3 Å². The minimum absolute atomic E-state index is 0.680. The van der Waals surface area contributed by atoms with Crippen molar-refractivity contribution in [3.05, 3.63) is 16.1 Å². The molecule has 1 N–H and O–H groups in total. The molecule has 16 heavy (non-hydrogen) atoms. The number of hydrogen-bond acceptors (Lipinski definition) is 4. The molecule has 0 aliphatic carbocycles. The van der Waals surface area contributed by atoms with Crippen LogP contribution in [0, 0.1) is 6.92 Å². The standard InChI is InChI=1S/C12H21N3S/c1-10-9-16-12(14-10)5-6-13-11-4-3-7-15(2)8-11/h9,11,13H,3-8H2,1-2H3. The topological polar surface area (TPSA) is 28.2 Å². The van der Waals surface area contributed by atoms with Gasteiger partial charge in [-0.05, 0) is 33.4 Å². The zero-order chi connectivity index (χ0) is 11.4. The molecule has 0 aromatic carbocycles. The summed E-state index contributed by atoms with van der Waals surface area (Å²) in [5.74, 6) is 0. The van der Waals surface area contributed by atoms with Gasteiger partial charge in [0.25, 0.3) is 0 Å². The third-order valence-corrected chi connectivity index (χ3v) is 4.09. The Balaban J connectivity index is 1.67. The number of rotatable bonds is 4. The number of aryl methyl sites for hydroxylation is 1. The molecule has 0 amide bonds. The van der Waals surface area contributed by atoms with Crippen LogP contribution in [-0.2, 0) is 6.42 Å². The molecule has 1 atom stereocenters. The van der Waals surface area contributed by atoms with Crippen molar-refractivity contribution in [3.8, 4) is 0 Å². The van der Waals surface area contributed by atoms with E-state index in [2.05, 4.69) is 34.6 Å². The van der Waals surface area contributed by atoms with E-state index < -0.39 is 0 Å². The highest BCUT2D eigenvalue weighted by Gasteiger charge is 2.15. The molecule has 1 aromatic heterocycles. The SMILES string of the molecule is Cc1csc(CCNC2CCCN(C)C2)n1. The molecule has 1 saturated heterocycles. The summed E-state index contributed by atoms with van der Waals surface area (Å²) in [5.41, 5.74) is 1.15. The number of nitrogens with zero attached hydrogens (tertiary/aromatic N) is 2. The molecule has 0 radical (unpaired) electrons. The van der Waals surface area contributed by atoms with Crippen molar-refractivity contribution in [1.82, 2.24) is 15.2 Å². The van der Waals surface area contributed by atoms with Gasteiger partial charge in [0.15, 0.2) is 0 Å². The largest absolute Gasteiger partial charge is 0.312 e. The fraction of sp³-hybridized carbons (Fsp3) is 0.750. The predicted octanol–water partition coefficient (Wildman–Crippen LogP) is 1.68. The number of thiazole rings is 1. The van der Waals surface area contributed by atoms with Crippen molar-refractivity contribution in [1.29, 1.82) is 0 Å². The van der Waals surface area contributed by atoms with Crippen LogP contribution in [0.3, 0.4) is 0 Å². The minimum Gasteiger partial charge on any atom is -0.312 e. The monoisotopic (exact) mass is 239 g/mol. The third-order valence-electron chi connectivity index (χ3n) is 3.06. The lowest BCUT2D eigenvalue weighted by Crippen LogP contribution is -2.44. The fourth-order valence-electron chi connectivity index (χ4n) is 2.23. The van der Waals surface area contributed by atoms with Crippen molar-refractivity contribution in [3.63, 3.8) is 0 Å². The molecule has 4 heteroatoms. The molecule has 0 bridgehead atoms. The van der Waals surface area contributed by atoms with E-state index in [9.17, 15) is 0 Å². The first-order chi connectivity index (χ1) is 7.74. The van der Waals surface area contributed by atoms with Gasteiger partial charge >= 0.3 is 0 Å². The quantitative estimate of drug-likeness (QED) is 0.866. The number of nitrogens with one attached hydrogen (secondary N) is 1. The van der Waals surface area contributed by atoms with E-state index in [1.165, 1.54) is 30.9 Å². The molecular formula is C12H21N3S. The van der Waals surface area contributed by atoms with Gasteiger partial charge in [0, 0.05) is 36.6 Å². The van der Waals surface area contributed by atoms with E-state index in [1.807, 2.05) is 0 Å². The number of hydrogen-bond donors (Lipinski definition) is 1. The van der Waals surface area contributed by atoms with Gasteiger partial charge in [-0.1, -0.05) is 0 Å². The van der Waals surface area contributed by atoms with Crippen LogP contribution >= 0.6 is 11.3 Å². The summed E-state index contributed by atoms with van der Waals surface area (Å²) in [6.45, 7) is 5.57. The normalized spacial score (nSPS) is 22.5. The number of likely N-dealkylation sites (N-methyl/N-ethyl adjacent to an activating group) is 1. The number of aromatic nitrogens is 1. The highest BCUT2D eigenvalue weighted by molar-refractivity contribution is 7.09. The first-order valence-corrected chi connectivity index (χ1v) is 6.95. The van der Waals surface area contributed by atoms with Gasteiger partial charge < -0.3 is 10.2 Å². The second kappa shape index (κ2) is 5.75. The Morgan fingerprint density at radius 1 is 1.62 bits per heavy atom. The average molecular weight is 239 g/mol. The molecule has 1 aliphatic heterocycles. The summed E-state index contributed by atoms with van der Waals surface area (Å²) in [5, 5.41) is 7.02. The zero-order valence-electron chi connectivity index (χ0n) is 10.2. The summed E-state index contributed by atoms with van der Waals surface area (Å²) >= 11 is 1.78. The Labute approximate surface area is 102 Å². The Kier molecular flexibility index (Phi) is 4.32. The molecule has 1 unspecified atom stereocenters. The highest BCUT2D eigenvalue weighted by atomic mass is 32.1. The minimum atomic E-state index is 0.680. The zero-order valence-corrected chi connectivity index (χ0v) is 11.0. The first-order valence-electron chi connectivity index (χ1n) is 6.07. The molecule has 0 saturated carbocycles. The molecular weight excluding hydrogens is 218 g/mol. The first kappa shape index (κ1) is 12.0. The molecule has 1 aliphatic rings. The predicted molar refractivity (Wildman–Crippen MR) is 69.1 cm³/mol. The fourth-order valence-corrected chi connectivity index (χ4v) is 3.01. The maximum absolute atomic E-state index is 4.48. The van der Waals surface area contributed by atoms with Crippen LogP contribution in [0.4, 0.5) is 0 Å². The Morgan fingerprint density at radius 2 is 2.50 bits per heavy atom. The Hall–Kier alpha value is -0.450. The molecule has 90 valence electrons. The average Bonchev–Trinajstić information content (AvgIpc) is 2.64. The molecule has 2 heterocycles. The van der Waals surface area contributed by atoms with Crippen LogP contribution in [0.2, 0.25) is 0 Å². The van der Waals surface area contributed by atoms with E-state index in [1.54, 1.807) is 11.3 Å². The van der Waals surface area contributed by atoms with Crippen LogP contribution in [0.25, 0.3) is 0 Å². The van der Waals surface area contributed by atoms with Gasteiger partial charge in [0.1, 0.15) is 0 Å². The van der Waals surface area contributed by atoms with Crippen LogP contribution < -0.4 is 5.32 Å². The molecule has 1 aromatic rings. The third kappa shape index (κ3) is 3.54. The van der Waals surface area contributed by atoms with E-state index in [0.717, 1.165) is 18.7 Å². The molecule has 3 nitrogen and oxygen atoms in total. The van der Waals surface area contributed by atoms with E-state index >= 15 is 0 Å². The molecule has 0 spiro atoms. The second-order valence-corrected chi connectivity index (χ2v) is 5.63. The van der Waals surface area contributed by atoms with Crippen LogP contribution in [0.5, 0.6) is 0 Å². The molecule has 1 fully saturated rings. The molecule has 2 rings (SSSR count). The smallest absolute Gasteiger partial charge is 0.0940 e. The van der Waals surface area contributed by atoms with Crippen LogP contribution in [-0.4, -0.2) is 42.6 Å². The maximum Gasteiger partial charge on any atom is 0.0940 e. The van der Waals surface area contributed by atoms with Crippen LogP contribution in [0.1, 0.15) is 23.5 Å². The second-order valence-electron chi connectivity index (χ2n) is 4.69. The van der Waals surface area contributed by atoms with Crippen molar-refractivity contribution in [2.75, 3.05) is 26.7 Å². The van der Waals surface area contributed by atoms with Gasteiger partial charge in [-0.2, -0.15) is 0 Å². The van der Waals surface area contributed by atoms with Gasteiger partial charge in [0.05, 0.1) is 5.01 Å². The maximum atomic E-state index is 4.48. The summed E-state index contributed by atoms with van der Waals surface area (Å²) in [4.78, 5) is 6.89. The lowest BCUT2D eigenvalue weighted by Gasteiger charge is -2.30. The van der Waals surface area contributed by atoms with Gasteiger partial charge in [-0.25, -0.2) is 4.98 Å². The highest BCUT2D eigenvalue weighted by Crippen LogP contribution is 2.10. The number of piperidine rings is 1. The Morgan fingerprint density at radius 3 is 3.19 bits per heavy atom. The van der Waals surface area contributed by atoms with Gasteiger partial charge in [-0.15, -0.1) is 11.3 Å². The van der Waals surface area contributed by atoms with Crippen LogP contribution in [0.15, 0.2) is 5.38 Å². The number of likely N-dealkylation sites (tertiary alicyclic amines) is 1. The lowest BCUT2D eigenvalue weighted by atomic mass is 10.1. The van der Waals surface area contributed by atoms with E-state index in [0.29, 0.717) is 6.04 Å². The lowest BCUT2D eigenvalue weighted by molar-refractivity contribution is 0.228. The van der Waals surface area contributed by atoms with Crippen molar-refractivity contribution < 1.29 is 0 Å².